The minimum atomic E-state index is -4.94. The molecule has 0 saturated carbocycles. The first-order valence-electron chi connectivity index (χ1n) is 7.35. The number of hydrogen-bond donors (Lipinski definition) is 1. The topological polar surface area (TPSA) is 99.0 Å². The van der Waals surface area contributed by atoms with E-state index in [2.05, 4.69) is 29.9 Å². The molecule has 26 heavy (non-hydrogen) atoms. The van der Waals surface area contributed by atoms with Gasteiger partial charge in [-0.2, -0.15) is 13.2 Å². The predicted octanol–water partition coefficient (Wildman–Crippen LogP) is 2.86. The van der Waals surface area contributed by atoms with Crippen LogP contribution in [-0.4, -0.2) is 26.6 Å². The minimum absolute atomic E-state index is 0.0396. The first-order chi connectivity index (χ1) is 12.3. The highest BCUT2D eigenvalue weighted by Gasteiger charge is 2.35. The van der Waals surface area contributed by atoms with Crippen molar-refractivity contribution < 1.29 is 26.7 Å². The fourth-order valence-electron chi connectivity index (χ4n) is 2.19. The molecule has 0 radical (unpaired) electrons. The third kappa shape index (κ3) is 3.17. The van der Waals surface area contributed by atoms with Crippen LogP contribution in [0.4, 0.5) is 23.4 Å². The number of nitrogens with zero attached hydrogens (tertiary/aromatic N) is 4. The lowest BCUT2D eigenvalue weighted by Gasteiger charge is -2.10. The fourth-order valence-corrected chi connectivity index (χ4v) is 2.19. The van der Waals surface area contributed by atoms with Gasteiger partial charge >= 0.3 is 11.9 Å². The molecule has 138 valence electrons. The van der Waals surface area contributed by atoms with Crippen LogP contribution in [0.3, 0.4) is 0 Å². The van der Waals surface area contributed by atoms with Crippen molar-refractivity contribution >= 4 is 5.82 Å². The molecule has 1 aromatic carbocycles. The molecule has 0 aliphatic rings. The van der Waals surface area contributed by atoms with Crippen molar-refractivity contribution in [3.05, 3.63) is 40.1 Å². The molecule has 3 rings (SSSR count). The van der Waals surface area contributed by atoms with Crippen molar-refractivity contribution in [3.8, 4) is 17.2 Å². The maximum Gasteiger partial charge on any atom is 0.446 e. The molecule has 0 saturated heterocycles. The Hall–Kier alpha value is -3.18. The molecule has 0 unspecified atom stereocenters. The Morgan fingerprint density at radius 1 is 1.23 bits per heavy atom. The van der Waals surface area contributed by atoms with E-state index in [4.69, 9.17) is 0 Å². The van der Waals surface area contributed by atoms with E-state index in [1.165, 1.54) is 0 Å². The summed E-state index contributed by atoms with van der Waals surface area (Å²) in [6.07, 6.45) is -4.20. The summed E-state index contributed by atoms with van der Waals surface area (Å²) in [7, 11) is 0. The molecule has 2 aromatic heterocycles. The van der Waals surface area contributed by atoms with Crippen molar-refractivity contribution in [3.63, 3.8) is 0 Å². The molecule has 0 aliphatic carbocycles. The number of aromatic nitrogens is 4. The van der Waals surface area contributed by atoms with Gasteiger partial charge in [0.1, 0.15) is 5.82 Å². The Bertz CT molecular complexity index is 976. The van der Waals surface area contributed by atoms with Gasteiger partial charge in [-0.1, -0.05) is 12.1 Å². The third-order valence-electron chi connectivity index (χ3n) is 3.36. The molecule has 0 fully saturated rings. The average molecular weight is 373 g/mol. The summed E-state index contributed by atoms with van der Waals surface area (Å²) in [5, 5.41) is 13.6. The van der Waals surface area contributed by atoms with Crippen molar-refractivity contribution in [2.45, 2.75) is 19.5 Å². The zero-order valence-electron chi connectivity index (χ0n) is 13.2. The molecule has 1 N–H and O–H groups in total. The van der Waals surface area contributed by atoms with Gasteiger partial charge in [0.05, 0.1) is 11.3 Å². The van der Waals surface area contributed by atoms with Crippen molar-refractivity contribution in [2.24, 2.45) is 0 Å². The summed E-state index contributed by atoms with van der Waals surface area (Å²) in [5.74, 6) is -2.66. The number of alkyl halides is 3. The Kier molecular flexibility index (Phi) is 4.49. The number of rotatable bonds is 5. The summed E-state index contributed by atoms with van der Waals surface area (Å²) < 4.78 is 62.1. The molecule has 12 heteroatoms. The lowest BCUT2D eigenvalue weighted by atomic mass is 10.1. The van der Waals surface area contributed by atoms with Crippen LogP contribution in [0, 0.1) is 5.82 Å². The lowest BCUT2D eigenvalue weighted by molar-refractivity contribution is -0.140. The number of halogens is 4. The van der Waals surface area contributed by atoms with E-state index in [-0.39, 0.29) is 23.0 Å². The number of benzene rings is 1. The van der Waals surface area contributed by atoms with Crippen LogP contribution in [0.15, 0.2) is 32.1 Å². The maximum atomic E-state index is 13.5. The quantitative estimate of drug-likeness (QED) is 0.687. The Labute approximate surface area is 142 Å². The highest BCUT2D eigenvalue weighted by molar-refractivity contribution is 5.66. The van der Waals surface area contributed by atoms with Crippen LogP contribution in [-0.2, 0) is 6.18 Å². The second-order valence-electron chi connectivity index (χ2n) is 5.16. The van der Waals surface area contributed by atoms with Crippen molar-refractivity contribution in [1.82, 2.24) is 20.0 Å². The lowest BCUT2D eigenvalue weighted by Crippen LogP contribution is -2.16. The first-order valence-corrected chi connectivity index (χ1v) is 7.35. The number of hydrogen-bond acceptors (Lipinski definition) is 7. The fraction of sp³-hybridized carbons (Fsp3) is 0.286. The van der Waals surface area contributed by atoms with Crippen molar-refractivity contribution in [2.75, 3.05) is 11.9 Å². The maximum absolute atomic E-state index is 13.5. The molecule has 0 atom stereocenters. The van der Waals surface area contributed by atoms with Crippen LogP contribution in [0.2, 0.25) is 0 Å². The molecule has 3 aromatic rings. The second kappa shape index (κ2) is 6.61. The van der Waals surface area contributed by atoms with Gasteiger partial charge in [0.25, 0.3) is 0 Å². The van der Waals surface area contributed by atoms with Gasteiger partial charge in [-0.25, -0.2) is 18.4 Å². The van der Waals surface area contributed by atoms with Gasteiger partial charge in [-0.3, -0.25) is 4.52 Å². The molecular weight excluding hydrogens is 362 g/mol. The van der Waals surface area contributed by atoms with Gasteiger partial charge < -0.3 is 5.32 Å². The molecular formula is C14H11F4N5O3. The van der Waals surface area contributed by atoms with E-state index in [1.54, 1.807) is 0 Å². The molecule has 0 aliphatic heterocycles. The van der Waals surface area contributed by atoms with Crippen LogP contribution in [0.5, 0.6) is 0 Å². The van der Waals surface area contributed by atoms with E-state index in [0.29, 0.717) is 23.2 Å². The molecule has 8 nitrogen and oxygen atoms in total. The van der Waals surface area contributed by atoms with Crippen LogP contribution in [0.1, 0.15) is 18.9 Å². The molecule has 0 amide bonds. The van der Waals surface area contributed by atoms with E-state index in [0.717, 1.165) is 12.5 Å². The SMILES string of the molecule is CCCNc1nonc1-c1noc(=O)n1-c1ccc(F)c(C(F)(F)F)c1. The summed E-state index contributed by atoms with van der Waals surface area (Å²) in [4.78, 5) is 12.0. The van der Waals surface area contributed by atoms with Gasteiger partial charge in [0, 0.05) is 6.54 Å². The van der Waals surface area contributed by atoms with Gasteiger partial charge in [0.2, 0.25) is 11.6 Å². The zero-order valence-corrected chi connectivity index (χ0v) is 13.2. The Balaban J connectivity index is 2.14. The number of anilines is 1. The summed E-state index contributed by atoms with van der Waals surface area (Å²) >= 11 is 0. The number of nitrogens with one attached hydrogen (secondary N) is 1. The standard InChI is InChI=1S/C14H11F4N5O3/c1-2-5-19-11-10(20-26-21-11)12-22-25-13(24)23(12)7-3-4-9(15)8(6-7)14(16,17)18/h3-4,6H,2,5H2,1H3,(H,19,21). The van der Waals surface area contributed by atoms with Crippen molar-refractivity contribution in [1.29, 1.82) is 0 Å². The van der Waals surface area contributed by atoms with Crippen LogP contribution < -0.4 is 11.1 Å². The van der Waals surface area contributed by atoms with E-state index in [9.17, 15) is 22.4 Å². The van der Waals surface area contributed by atoms with Crippen LogP contribution in [0.25, 0.3) is 17.2 Å². The Morgan fingerprint density at radius 3 is 2.69 bits per heavy atom. The average Bonchev–Trinajstić information content (AvgIpc) is 3.18. The summed E-state index contributed by atoms with van der Waals surface area (Å²) in [5.41, 5.74) is -1.87. The van der Waals surface area contributed by atoms with Crippen LogP contribution >= 0.6 is 0 Å². The molecule has 0 spiro atoms. The monoisotopic (exact) mass is 373 g/mol. The molecule has 0 bridgehead atoms. The van der Waals surface area contributed by atoms with E-state index in [1.807, 2.05) is 6.92 Å². The van der Waals surface area contributed by atoms with E-state index < -0.39 is 23.3 Å². The van der Waals surface area contributed by atoms with E-state index >= 15 is 0 Å². The normalized spacial score (nSPS) is 11.7. The largest absolute Gasteiger partial charge is 0.446 e. The first kappa shape index (κ1) is 17.6. The highest BCUT2D eigenvalue weighted by Crippen LogP contribution is 2.33. The van der Waals surface area contributed by atoms with Gasteiger partial charge in [-0.15, -0.1) is 0 Å². The van der Waals surface area contributed by atoms with Gasteiger partial charge in [0.15, 0.2) is 5.69 Å². The third-order valence-corrected chi connectivity index (χ3v) is 3.36. The highest BCUT2D eigenvalue weighted by atomic mass is 19.4. The predicted molar refractivity (Wildman–Crippen MR) is 79.1 cm³/mol. The second-order valence-corrected chi connectivity index (χ2v) is 5.16. The minimum Gasteiger partial charge on any atom is -0.365 e. The smallest absolute Gasteiger partial charge is 0.365 e. The molecule has 2 heterocycles. The van der Waals surface area contributed by atoms with Gasteiger partial charge in [-0.05, 0) is 34.9 Å². The Morgan fingerprint density at radius 2 is 2.00 bits per heavy atom. The summed E-state index contributed by atoms with van der Waals surface area (Å²) in [6.45, 7) is 2.39. The summed E-state index contributed by atoms with van der Waals surface area (Å²) in [6, 6.07) is 2.06. The zero-order chi connectivity index (χ0) is 18.9.